The van der Waals surface area contributed by atoms with Gasteiger partial charge in [-0.15, -0.1) is 12.4 Å². The average molecular weight is 312 g/mol. The molecule has 0 heterocycles. The van der Waals surface area contributed by atoms with E-state index in [0.29, 0.717) is 29.6 Å². The van der Waals surface area contributed by atoms with Gasteiger partial charge < -0.3 is 11.1 Å². The molecule has 1 aromatic rings. The second kappa shape index (κ2) is 8.59. The third-order valence-corrected chi connectivity index (χ3v) is 2.87. The van der Waals surface area contributed by atoms with Crippen molar-refractivity contribution in [1.82, 2.24) is 5.32 Å². The highest BCUT2D eigenvalue weighted by atomic mass is 35.5. The average Bonchev–Trinajstić information content (AvgIpc) is 2.26. The van der Waals surface area contributed by atoms with E-state index in [9.17, 15) is 4.79 Å². The Kier molecular flexibility index (Phi) is 8.36. The topological polar surface area (TPSA) is 55.1 Å². The molecule has 0 aliphatic carbocycles. The SMILES string of the molecule is CC(CN)C(=O)NCCc1cc(Cl)cc(Cl)c1.Cl. The van der Waals surface area contributed by atoms with Crippen LogP contribution >= 0.6 is 35.6 Å². The van der Waals surface area contributed by atoms with Crippen LogP contribution in [0.1, 0.15) is 12.5 Å². The number of hydrogen-bond donors (Lipinski definition) is 2. The molecule has 1 atom stereocenters. The van der Waals surface area contributed by atoms with Gasteiger partial charge in [0.1, 0.15) is 0 Å². The molecule has 102 valence electrons. The van der Waals surface area contributed by atoms with Gasteiger partial charge in [-0.2, -0.15) is 0 Å². The summed E-state index contributed by atoms with van der Waals surface area (Å²) in [7, 11) is 0. The zero-order chi connectivity index (χ0) is 12.8. The Morgan fingerprint density at radius 1 is 1.33 bits per heavy atom. The van der Waals surface area contributed by atoms with Gasteiger partial charge in [-0.1, -0.05) is 30.1 Å². The maximum absolute atomic E-state index is 11.5. The first-order valence-corrected chi connectivity index (χ1v) is 6.21. The molecule has 1 aromatic carbocycles. The summed E-state index contributed by atoms with van der Waals surface area (Å²) < 4.78 is 0. The minimum Gasteiger partial charge on any atom is -0.355 e. The fraction of sp³-hybridized carbons (Fsp3) is 0.417. The van der Waals surface area contributed by atoms with Crippen molar-refractivity contribution >= 4 is 41.5 Å². The molecular weight excluding hydrogens is 295 g/mol. The van der Waals surface area contributed by atoms with Gasteiger partial charge in [0, 0.05) is 29.1 Å². The monoisotopic (exact) mass is 310 g/mol. The fourth-order valence-corrected chi connectivity index (χ4v) is 1.94. The second-order valence-corrected chi connectivity index (χ2v) is 4.83. The molecule has 0 radical (unpaired) electrons. The molecule has 18 heavy (non-hydrogen) atoms. The number of nitrogens with two attached hydrogens (primary N) is 1. The van der Waals surface area contributed by atoms with Gasteiger partial charge >= 0.3 is 0 Å². The van der Waals surface area contributed by atoms with Gasteiger partial charge in [-0.05, 0) is 30.2 Å². The normalized spacial score (nSPS) is 11.6. The van der Waals surface area contributed by atoms with E-state index in [-0.39, 0.29) is 24.2 Å². The van der Waals surface area contributed by atoms with Crippen LogP contribution in [-0.4, -0.2) is 19.0 Å². The van der Waals surface area contributed by atoms with E-state index in [0.717, 1.165) is 5.56 Å². The smallest absolute Gasteiger partial charge is 0.224 e. The number of carbonyl (C=O) groups excluding carboxylic acids is 1. The lowest BCUT2D eigenvalue weighted by molar-refractivity contribution is -0.124. The largest absolute Gasteiger partial charge is 0.355 e. The zero-order valence-corrected chi connectivity index (χ0v) is 12.4. The van der Waals surface area contributed by atoms with Crippen LogP contribution in [0.4, 0.5) is 0 Å². The van der Waals surface area contributed by atoms with Crippen molar-refractivity contribution in [3.05, 3.63) is 33.8 Å². The summed E-state index contributed by atoms with van der Waals surface area (Å²) in [5.74, 6) is -0.182. The van der Waals surface area contributed by atoms with Gasteiger partial charge in [-0.25, -0.2) is 0 Å². The van der Waals surface area contributed by atoms with Crippen molar-refractivity contribution in [3.63, 3.8) is 0 Å². The minimum atomic E-state index is -0.155. The van der Waals surface area contributed by atoms with Gasteiger partial charge in [0.25, 0.3) is 0 Å². The number of benzene rings is 1. The summed E-state index contributed by atoms with van der Waals surface area (Å²) in [6.45, 7) is 2.71. The Balaban J connectivity index is 0.00000289. The molecule has 0 fully saturated rings. The second-order valence-electron chi connectivity index (χ2n) is 3.96. The van der Waals surface area contributed by atoms with Crippen LogP contribution in [0.2, 0.25) is 10.0 Å². The van der Waals surface area contributed by atoms with Crippen LogP contribution in [0.3, 0.4) is 0 Å². The van der Waals surface area contributed by atoms with Crippen LogP contribution in [0.5, 0.6) is 0 Å². The number of amides is 1. The molecule has 0 aliphatic heterocycles. The van der Waals surface area contributed by atoms with E-state index in [1.807, 2.05) is 12.1 Å². The van der Waals surface area contributed by atoms with Crippen molar-refractivity contribution in [3.8, 4) is 0 Å². The summed E-state index contributed by atoms with van der Waals surface area (Å²) >= 11 is 11.8. The molecule has 6 heteroatoms. The molecule has 0 saturated heterocycles. The Hall–Kier alpha value is -0.480. The lowest BCUT2D eigenvalue weighted by atomic mass is 10.1. The van der Waals surface area contributed by atoms with Crippen LogP contribution in [-0.2, 0) is 11.2 Å². The standard InChI is InChI=1S/C12H16Cl2N2O.ClH/c1-8(7-15)12(17)16-3-2-9-4-10(13)6-11(14)5-9;/h4-6,8H,2-3,7,15H2,1H3,(H,16,17);1H. The van der Waals surface area contributed by atoms with Crippen molar-refractivity contribution in [2.75, 3.05) is 13.1 Å². The third kappa shape index (κ3) is 5.91. The van der Waals surface area contributed by atoms with E-state index >= 15 is 0 Å². The number of nitrogens with one attached hydrogen (secondary N) is 1. The van der Waals surface area contributed by atoms with Crippen LogP contribution in [0.25, 0.3) is 0 Å². The Morgan fingerprint density at radius 2 is 1.89 bits per heavy atom. The lowest BCUT2D eigenvalue weighted by Crippen LogP contribution is -2.34. The van der Waals surface area contributed by atoms with E-state index < -0.39 is 0 Å². The summed E-state index contributed by atoms with van der Waals surface area (Å²) in [5, 5.41) is 4.03. The fourth-order valence-electron chi connectivity index (χ4n) is 1.37. The molecule has 0 spiro atoms. The molecule has 3 N–H and O–H groups in total. The molecular formula is C12H17Cl3N2O. The third-order valence-electron chi connectivity index (χ3n) is 2.44. The maximum atomic E-state index is 11.5. The quantitative estimate of drug-likeness (QED) is 0.878. The highest BCUT2D eigenvalue weighted by Crippen LogP contribution is 2.19. The van der Waals surface area contributed by atoms with E-state index in [2.05, 4.69) is 5.32 Å². The van der Waals surface area contributed by atoms with Crippen molar-refractivity contribution in [1.29, 1.82) is 0 Å². The number of rotatable bonds is 5. The van der Waals surface area contributed by atoms with Gasteiger partial charge in [0.2, 0.25) is 5.91 Å². The predicted octanol–water partition coefficient (Wildman–Crippen LogP) is 2.67. The Bertz CT molecular complexity index is 379. The summed E-state index contributed by atoms with van der Waals surface area (Å²) in [6.07, 6.45) is 0.698. The van der Waals surface area contributed by atoms with E-state index in [1.165, 1.54) is 0 Å². The first kappa shape index (κ1) is 17.5. The lowest BCUT2D eigenvalue weighted by Gasteiger charge is -2.10. The predicted molar refractivity (Wildman–Crippen MR) is 78.6 cm³/mol. The summed E-state index contributed by atoms with van der Waals surface area (Å²) in [5.41, 5.74) is 6.40. The zero-order valence-electron chi connectivity index (χ0n) is 10.1. The van der Waals surface area contributed by atoms with Crippen LogP contribution in [0.15, 0.2) is 18.2 Å². The van der Waals surface area contributed by atoms with Crippen LogP contribution < -0.4 is 11.1 Å². The van der Waals surface area contributed by atoms with E-state index in [1.54, 1.807) is 13.0 Å². The van der Waals surface area contributed by atoms with E-state index in [4.69, 9.17) is 28.9 Å². The maximum Gasteiger partial charge on any atom is 0.224 e. The summed E-state index contributed by atoms with van der Waals surface area (Å²) in [6, 6.07) is 5.36. The molecule has 1 amide bonds. The molecule has 0 aromatic heterocycles. The number of carbonyl (C=O) groups is 1. The molecule has 1 rings (SSSR count). The van der Waals surface area contributed by atoms with Crippen molar-refractivity contribution in [2.24, 2.45) is 11.7 Å². The van der Waals surface area contributed by atoms with Crippen molar-refractivity contribution in [2.45, 2.75) is 13.3 Å². The van der Waals surface area contributed by atoms with Gasteiger partial charge in [-0.3, -0.25) is 4.79 Å². The number of hydrogen-bond acceptors (Lipinski definition) is 2. The van der Waals surface area contributed by atoms with Crippen LogP contribution in [0, 0.1) is 5.92 Å². The molecule has 0 aliphatic rings. The molecule has 3 nitrogen and oxygen atoms in total. The Morgan fingerprint density at radius 3 is 2.39 bits per heavy atom. The van der Waals surface area contributed by atoms with Gasteiger partial charge in [0.15, 0.2) is 0 Å². The highest BCUT2D eigenvalue weighted by Gasteiger charge is 2.09. The van der Waals surface area contributed by atoms with Gasteiger partial charge in [0.05, 0.1) is 0 Å². The first-order chi connectivity index (χ1) is 8.02. The molecule has 0 saturated carbocycles. The Labute approximate surface area is 123 Å². The first-order valence-electron chi connectivity index (χ1n) is 5.45. The molecule has 0 bridgehead atoms. The molecule has 1 unspecified atom stereocenters. The number of halogens is 3. The van der Waals surface area contributed by atoms with Crippen molar-refractivity contribution < 1.29 is 4.79 Å². The summed E-state index contributed by atoms with van der Waals surface area (Å²) in [4.78, 5) is 11.5. The highest BCUT2D eigenvalue weighted by molar-refractivity contribution is 6.34. The minimum absolute atomic E-state index is 0.